The van der Waals surface area contributed by atoms with E-state index in [-0.39, 0.29) is 18.8 Å². The van der Waals surface area contributed by atoms with E-state index in [9.17, 15) is 14.7 Å². The molecule has 9 heteroatoms. The molecule has 2 heterocycles. The van der Waals surface area contributed by atoms with Crippen molar-refractivity contribution in [2.45, 2.75) is 26.6 Å². The molecule has 9 nitrogen and oxygen atoms in total. The van der Waals surface area contributed by atoms with Gasteiger partial charge < -0.3 is 19.3 Å². The lowest BCUT2D eigenvalue weighted by atomic mass is 10.3. The minimum absolute atomic E-state index is 0.151. The Labute approximate surface area is 146 Å². The number of hydrogen-bond acceptors (Lipinski definition) is 6. The number of aliphatic hydroxyl groups is 1. The molecule has 25 heavy (non-hydrogen) atoms. The average molecular weight is 353 g/mol. The normalized spacial score (nSPS) is 13.1. The van der Waals surface area contributed by atoms with Crippen LogP contribution >= 0.6 is 0 Å². The first-order valence-electron chi connectivity index (χ1n) is 8.41. The predicted octanol–water partition coefficient (Wildman–Crippen LogP) is -0.810. The molecule has 2 rings (SSSR count). The quantitative estimate of drug-likeness (QED) is 0.667. The highest BCUT2D eigenvalue weighted by atomic mass is 16.5. The molecule has 0 saturated heterocycles. The molecule has 0 aliphatic rings. The summed E-state index contributed by atoms with van der Waals surface area (Å²) in [5.41, 5.74) is -0.122. The summed E-state index contributed by atoms with van der Waals surface area (Å²) in [6, 6.07) is 0. The largest absolute Gasteiger partial charge is 0.389 e. The van der Waals surface area contributed by atoms with Crippen LogP contribution in [0.4, 0.5) is 0 Å². The molecule has 0 aromatic carbocycles. The lowest BCUT2D eigenvalue weighted by molar-refractivity contribution is 0.00893. The molecule has 0 bridgehead atoms. The van der Waals surface area contributed by atoms with Crippen LogP contribution in [0.5, 0.6) is 0 Å². The molecule has 140 valence electrons. The molecular formula is C16H27N5O4. The third-order valence-electron chi connectivity index (χ3n) is 4.47. The second-order valence-corrected chi connectivity index (χ2v) is 6.12. The van der Waals surface area contributed by atoms with Crippen molar-refractivity contribution >= 4 is 11.2 Å². The Morgan fingerprint density at radius 2 is 1.76 bits per heavy atom. The summed E-state index contributed by atoms with van der Waals surface area (Å²) in [4.78, 5) is 30.8. The fourth-order valence-corrected chi connectivity index (χ4v) is 2.81. The monoisotopic (exact) mass is 353 g/mol. The van der Waals surface area contributed by atoms with Crippen molar-refractivity contribution in [3.8, 4) is 0 Å². The van der Waals surface area contributed by atoms with Crippen LogP contribution in [-0.4, -0.2) is 61.0 Å². The van der Waals surface area contributed by atoms with Crippen molar-refractivity contribution in [3.63, 3.8) is 0 Å². The van der Waals surface area contributed by atoms with E-state index >= 15 is 0 Å². The Morgan fingerprint density at radius 1 is 1.12 bits per heavy atom. The zero-order chi connectivity index (χ0) is 18.7. The van der Waals surface area contributed by atoms with Gasteiger partial charge in [-0.05, 0) is 13.1 Å². The summed E-state index contributed by atoms with van der Waals surface area (Å²) in [5.74, 6) is 0.531. The molecule has 0 aliphatic carbocycles. The van der Waals surface area contributed by atoms with Gasteiger partial charge in [0.05, 0.1) is 12.7 Å². The van der Waals surface area contributed by atoms with Crippen LogP contribution < -0.4 is 11.2 Å². The van der Waals surface area contributed by atoms with Gasteiger partial charge in [0.2, 0.25) is 0 Å². The topological polar surface area (TPSA) is 94.5 Å². The zero-order valence-corrected chi connectivity index (χ0v) is 15.5. The number of likely N-dealkylation sites (N-methyl/N-ethyl adjacent to an activating group) is 1. The lowest BCUT2D eigenvalue weighted by Crippen LogP contribution is -2.37. The maximum atomic E-state index is 12.3. The van der Waals surface area contributed by atoms with Gasteiger partial charge in [-0.15, -0.1) is 0 Å². The number of imidazole rings is 1. The van der Waals surface area contributed by atoms with Crippen LogP contribution in [0.2, 0.25) is 0 Å². The molecule has 1 N–H and O–H groups in total. The lowest BCUT2D eigenvalue weighted by Gasteiger charge is -2.21. The summed E-state index contributed by atoms with van der Waals surface area (Å²) in [6.07, 6.45) is -0.591. The van der Waals surface area contributed by atoms with E-state index in [1.165, 1.54) is 11.6 Å². The molecule has 2 aromatic rings. The van der Waals surface area contributed by atoms with Crippen molar-refractivity contribution in [3.05, 3.63) is 26.7 Å². The van der Waals surface area contributed by atoms with Crippen molar-refractivity contribution in [2.75, 3.05) is 26.2 Å². The second-order valence-electron chi connectivity index (χ2n) is 6.12. The van der Waals surface area contributed by atoms with Gasteiger partial charge in [-0.3, -0.25) is 13.9 Å². The minimum Gasteiger partial charge on any atom is -0.389 e. The first-order chi connectivity index (χ1) is 11.8. The molecule has 0 radical (unpaired) electrons. The third kappa shape index (κ3) is 3.83. The van der Waals surface area contributed by atoms with Gasteiger partial charge in [0.1, 0.15) is 12.4 Å². The van der Waals surface area contributed by atoms with Gasteiger partial charge in [0, 0.05) is 27.7 Å². The Bertz CT molecular complexity index is 847. The van der Waals surface area contributed by atoms with Crippen molar-refractivity contribution in [1.82, 2.24) is 23.6 Å². The van der Waals surface area contributed by atoms with Crippen molar-refractivity contribution in [1.29, 1.82) is 0 Å². The van der Waals surface area contributed by atoms with Gasteiger partial charge in [-0.2, -0.15) is 0 Å². The average Bonchev–Trinajstić information content (AvgIpc) is 2.93. The van der Waals surface area contributed by atoms with E-state index in [0.29, 0.717) is 23.5 Å². The highest BCUT2D eigenvalue weighted by Crippen LogP contribution is 2.10. The van der Waals surface area contributed by atoms with E-state index in [1.807, 2.05) is 13.8 Å². The fourth-order valence-electron chi connectivity index (χ4n) is 2.81. The van der Waals surface area contributed by atoms with E-state index in [2.05, 4.69) is 9.88 Å². The molecular weight excluding hydrogens is 326 g/mol. The van der Waals surface area contributed by atoms with E-state index < -0.39 is 11.8 Å². The molecule has 0 amide bonds. The van der Waals surface area contributed by atoms with E-state index in [1.54, 1.807) is 18.7 Å². The molecule has 1 unspecified atom stereocenters. The fraction of sp³-hybridized carbons (Fsp3) is 0.688. The number of nitrogens with zero attached hydrogens (tertiary/aromatic N) is 5. The zero-order valence-electron chi connectivity index (χ0n) is 15.5. The Hall–Kier alpha value is -1.97. The highest BCUT2D eigenvalue weighted by molar-refractivity contribution is 5.70. The maximum absolute atomic E-state index is 12.3. The summed E-state index contributed by atoms with van der Waals surface area (Å²) in [5, 5.41) is 10.0. The first kappa shape index (κ1) is 19.4. The minimum atomic E-state index is -0.591. The van der Waals surface area contributed by atoms with Gasteiger partial charge in [0.15, 0.2) is 11.2 Å². The molecule has 0 spiro atoms. The number of aromatic nitrogens is 4. The van der Waals surface area contributed by atoms with Gasteiger partial charge in [-0.25, -0.2) is 9.78 Å². The number of ether oxygens (including phenoxy) is 1. The molecule has 1 atom stereocenters. The maximum Gasteiger partial charge on any atom is 0.332 e. The van der Waals surface area contributed by atoms with Crippen LogP contribution in [0, 0.1) is 0 Å². The van der Waals surface area contributed by atoms with Crippen LogP contribution in [0.3, 0.4) is 0 Å². The second kappa shape index (κ2) is 7.94. The predicted molar refractivity (Wildman–Crippen MR) is 94.6 cm³/mol. The van der Waals surface area contributed by atoms with E-state index in [4.69, 9.17) is 4.74 Å². The van der Waals surface area contributed by atoms with Gasteiger partial charge in [-0.1, -0.05) is 13.8 Å². The Balaban J connectivity index is 2.14. The number of aryl methyl sites for hydroxylation is 2. The van der Waals surface area contributed by atoms with Gasteiger partial charge in [0.25, 0.3) is 5.56 Å². The number of rotatable bonds is 8. The van der Waals surface area contributed by atoms with Crippen LogP contribution in [0.15, 0.2) is 9.59 Å². The standard InChI is InChI=1S/C16H27N5O4/c1-6-21(7-2)8-11(22)9-25-10-12-17-14-13(18(12)3)15(23)20(5)16(24)19(14)4/h11,22H,6-10H2,1-5H3. The highest BCUT2D eigenvalue weighted by Gasteiger charge is 2.17. The third-order valence-corrected chi connectivity index (χ3v) is 4.47. The van der Waals surface area contributed by atoms with Crippen molar-refractivity contribution < 1.29 is 9.84 Å². The number of aliphatic hydroxyl groups excluding tert-OH is 1. The summed E-state index contributed by atoms with van der Waals surface area (Å²) in [7, 11) is 4.73. The number of fused-ring (bicyclic) bond motifs is 1. The van der Waals surface area contributed by atoms with Crippen LogP contribution in [0.1, 0.15) is 19.7 Å². The van der Waals surface area contributed by atoms with Crippen molar-refractivity contribution in [2.24, 2.45) is 21.1 Å². The molecule has 0 saturated carbocycles. The van der Waals surface area contributed by atoms with Gasteiger partial charge >= 0.3 is 5.69 Å². The summed E-state index contributed by atoms with van der Waals surface area (Å²) in [6.45, 7) is 6.70. The van der Waals surface area contributed by atoms with Crippen LogP contribution in [0.25, 0.3) is 11.2 Å². The van der Waals surface area contributed by atoms with E-state index in [0.717, 1.165) is 17.7 Å². The smallest absolute Gasteiger partial charge is 0.332 e. The Morgan fingerprint density at radius 3 is 2.36 bits per heavy atom. The Kier molecular flexibility index (Phi) is 6.15. The summed E-state index contributed by atoms with van der Waals surface area (Å²) < 4.78 is 9.60. The number of hydrogen-bond donors (Lipinski definition) is 1. The summed E-state index contributed by atoms with van der Waals surface area (Å²) >= 11 is 0. The first-order valence-corrected chi connectivity index (χ1v) is 8.41. The molecule has 0 aliphatic heterocycles. The van der Waals surface area contributed by atoms with Crippen LogP contribution in [-0.2, 0) is 32.5 Å². The SMILES string of the molecule is CCN(CC)CC(O)COCc1nc2c(c(=O)n(C)c(=O)n2C)n1C. The molecule has 0 fully saturated rings. The molecule has 2 aromatic heterocycles.